The van der Waals surface area contributed by atoms with Crippen LogP contribution < -0.4 is 20.1 Å². The highest BCUT2D eigenvalue weighted by Gasteiger charge is 2.32. The van der Waals surface area contributed by atoms with E-state index in [1.807, 2.05) is 0 Å². The third-order valence-electron chi connectivity index (χ3n) is 4.46. The van der Waals surface area contributed by atoms with E-state index in [9.17, 15) is 14.4 Å². The highest BCUT2D eigenvalue weighted by atomic mass is 16.5. The van der Waals surface area contributed by atoms with Crippen molar-refractivity contribution in [3.63, 3.8) is 0 Å². The molecule has 1 saturated carbocycles. The van der Waals surface area contributed by atoms with Crippen LogP contribution in [-0.4, -0.2) is 44.7 Å². The summed E-state index contributed by atoms with van der Waals surface area (Å²) in [6.07, 6.45) is 3.75. The molecule has 2 amide bonds. The lowest BCUT2D eigenvalue weighted by atomic mass is 9.98. The van der Waals surface area contributed by atoms with Crippen LogP contribution in [0.5, 0.6) is 11.5 Å². The molecule has 1 unspecified atom stereocenters. The molecule has 0 radical (unpaired) electrons. The zero-order valence-corrected chi connectivity index (χ0v) is 15.9. The van der Waals surface area contributed by atoms with Gasteiger partial charge < -0.3 is 24.8 Å². The van der Waals surface area contributed by atoms with Gasteiger partial charge in [-0.3, -0.25) is 9.59 Å². The van der Waals surface area contributed by atoms with Gasteiger partial charge in [-0.25, -0.2) is 4.79 Å². The van der Waals surface area contributed by atoms with E-state index in [0.29, 0.717) is 17.2 Å². The number of esters is 1. The molecular formula is C19H26N2O6. The van der Waals surface area contributed by atoms with Gasteiger partial charge in [0.15, 0.2) is 6.61 Å². The number of rotatable bonds is 8. The first-order chi connectivity index (χ1) is 12.9. The van der Waals surface area contributed by atoms with E-state index < -0.39 is 24.5 Å². The SMILES string of the molecule is COc1cc(NC(=O)COC(=O)C(NC(C)=O)C2CCCC2)cc(OC)c1. The van der Waals surface area contributed by atoms with Crippen LogP contribution >= 0.6 is 0 Å². The lowest BCUT2D eigenvalue weighted by Gasteiger charge is -2.22. The van der Waals surface area contributed by atoms with E-state index in [0.717, 1.165) is 25.7 Å². The van der Waals surface area contributed by atoms with Gasteiger partial charge in [0.25, 0.3) is 5.91 Å². The van der Waals surface area contributed by atoms with Crippen LogP contribution in [0, 0.1) is 5.92 Å². The zero-order valence-electron chi connectivity index (χ0n) is 15.9. The molecule has 8 nitrogen and oxygen atoms in total. The Morgan fingerprint density at radius 2 is 1.67 bits per heavy atom. The Morgan fingerprint density at radius 3 is 2.19 bits per heavy atom. The van der Waals surface area contributed by atoms with E-state index in [1.165, 1.54) is 21.1 Å². The summed E-state index contributed by atoms with van der Waals surface area (Å²) >= 11 is 0. The van der Waals surface area contributed by atoms with Crippen molar-refractivity contribution in [2.24, 2.45) is 5.92 Å². The quantitative estimate of drug-likeness (QED) is 0.670. The number of methoxy groups -OCH3 is 2. The second kappa shape index (κ2) is 9.80. The fraction of sp³-hybridized carbons (Fsp3) is 0.526. The maximum absolute atomic E-state index is 12.4. The van der Waals surface area contributed by atoms with Crippen LogP contribution in [0.3, 0.4) is 0 Å². The molecule has 0 aromatic heterocycles. The van der Waals surface area contributed by atoms with Crippen molar-refractivity contribution in [1.29, 1.82) is 0 Å². The molecule has 0 saturated heterocycles. The van der Waals surface area contributed by atoms with Gasteiger partial charge in [0.05, 0.1) is 14.2 Å². The standard InChI is InChI=1S/C19H26N2O6/c1-12(22)20-18(13-6-4-5-7-13)19(24)27-11-17(23)21-14-8-15(25-2)10-16(9-14)26-3/h8-10,13,18H,4-7,11H2,1-3H3,(H,20,22)(H,21,23). The molecule has 8 heteroatoms. The number of amides is 2. The monoisotopic (exact) mass is 378 g/mol. The van der Waals surface area contributed by atoms with Crippen molar-refractivity contribution in [2.45, 2.75) is 38.6 Å². The molecule has 148 valence electrons. The molecule has 2 rings (SSSR count). The van der Waals surface area contributed by atoms with Gasteiger partial charge in [-0.05, 0) is 18.8 Å². The number of hydrogen-bond acceptors (Lipinski definition) is 6. The maximum atomic E-state index is 12.4. The van der Waals surface area contributed by atoms with Crippen LogP contribution in [0.4, 0.5) is 5.69 Å². The summed E-state index contributed by atoms with van der Waals surface area (Å²) in [5.74, 6) is -0.284. The average Bonchev–Trinajstić information content (AvgIpc) is 3.18. The van der Waals surface area contributed by atoms with Gasteiger partial charge in [-0.1, -0.05) is 12.8 Å². The molecule has 1 aliphatic rings. The van der Waals surface area contributed by atoms with E-state index >= 15 is 0 Å². The normalized spacial score (nSPS) is 14.9. The molecule has 1 atom stereocenters. The number of benzene rings is 1. The van der Waals surface area contributed by atoms with Crippen molar-refractivity contribution in [2.75, 3.05) is 26.1 Å². The molecule has 1 fully saturated rings. The smallest absolute Gasteiger partial charge is 0.329 e. The second-order valence-corrected chi connectivity index (χ2v) is 6.48. The highest BCUT2D eigenvalue weighted by molar-refractivity contribution is 5.94. The van der Waals surface area contributed by atoms with Crippen molar-refractivity contribution in [3.8, 4) is 11.5 Å². The molecule has 0 heterocycles. The van der Waals surface area contributed by atoms with E-state index in [2.05, 4.69) is 10.6 Å². The third-order valence-corrected chi connectivity index (χ3v) is 4.46. The van der Waals surface area contributed by atoms with Crippen LogP contribution in [0.15, 0.2) is 18.2 Å². The van der Waals surface area contributed by atoms with Crippen molar-refractivity contribution in [3.05, 3.63) is 18.2 Å². The van der Waals surface area contributed by atoms with E-state index in [4.69, 9.17) is 14.2 Å². The fourth-order valence-electron chi connectivity index (χ4n) is 3.18. The highest BCUT2D eigenvalue weighted by Crippen LogP contribution is 2.28. The lowest BCUT2D eigenvalue weighted by molar-refractivity contribution is -0.152. The van der Waals surface area contributed by atoms with Crippen LogP contribution in [0.2, 0.25) is 0 Å². The summed E-state index contributed by atoms with van der Waals surface area (Å²) in [5.41, 5.74) is 0.460. The molecule has 2 N–H and O–H groups in total. The van der Waals surface area contributed by atoms with Gasteiger partial charge in [0.1, 0.15) is 17.5 Å². The number of carbonyl (C=O) groups is 3. The predicted molar refractivity (Wildman–Crippen MR) is 98.7 cm³/mol. The predicted octanol–water partition coefficient (Wildman–Crippen LogP) is 1.88. The van der Waals surface area contributed by atoms with Crippen LogP contribution in [0.1, 0.15) is 32.6 Å². The molecular weight excluding hydrogens is 352 g/mol. The number of carbonyl (C=O) groups excluding carboxylic acids is 3. The van der Waals surface area contributed by atoms with Gasteiger partial charge in [0.2, 0.25) is 5.91 Å². The summed E-state index contributed by atoms with van der Waals surface area (Å²) < 4.78 is 15.4. The summed E-state index contributed by atoms with van der Waals surface area (Å²) in [7, 11) is 3.01. The Bertz CT molecular complexity index is 663. The van der Waals surface area contributed by atoms with E-state index in [-0.39, 0.29) is 11.8 Å². The number of anilines is 1. The summed E-state index contributed by atoms with van der Waals surface area (Å²) in [6.45, 7) is 0.916. The first-order valence-corrected chi connectivity index (χ1v) is 8.89. The van der Waals surface area contributed by atoms with Crippen molar-refractivity contribution in [1.82, 2.24) is 5.32 Å². The topological polar surface area (TPSA) is 103 Å². The minimum Gasteiger partial charge on any atom is -0.497 e. The summed E-state index contributed by atoms with van der Waals surface area (Å²) in [6, 6.07) is 4.21. The minimum atomic E-state index is -0.713. The molecule has 0 spiro atoms. The Morgan fingerprint density at radius 1 is 1.07 bits per heavy atom. The Labute approximate surface area is 158 Å². The Balaban J connectivity index is 1.93. The molecule has 0 bridgehead atoms. The average molecular weight is 378 g/mol. The van der Waals surface area contributed by atoms with Crippen LogP contribution in [0.25, 0.3) is 0 Å². The minimum absolute atomic E-state index is 0.0482. The number of ether oxygens (including phenoxy) is 3. The zero-order chi connectivity index (χ0) is 19.8. The third kappa shape index (κ3) is 6.16. The Kier molecular flexibility index (Phi) is 7.45. The lowest BCUT2D eigenvalue weighted by Crippen LogP contribution is -2.46. The van der Waals surface area contributed by atoms with Crippen LogP contribution in [-0.2, 0) is 19.1 Å². The van der Waals surface area contributed by atoms with Crippen molar-refractivity contribution < 1.29 is 28.6 Å². The number of hydrogen-bond donors (Lipinski definition) is 2. The molecule has 27 heavy (non-hydrogen) atoms. The molecule has 1 aliphatic carbocycles. The maximum Gasteiger partial charge on any atom is 0.329 e. The Hall–Kier alpha value is -2.77. The van der Waals surface area contributed by atoms with Gasteiger partial charge in [-0.2, -0.15) is 0 Å². The van der Waals surface area contributed by atoms with E-state index in [1.54, 1.807) is 18.2 Å². The molecule has 1 aromatic carbocycles. The molecule has 1 aromatic rings. The first-order valence-electron chi connectivity index (χ1n) is 8.89. The summed E-state index contributed by atoms with van der Waals surface area (Å²) in [4.78, 5) is 35.9. The number of nitrogens with one attached hydrogen (secondary N) is 2. The van der Waals surface area contributed by atoms with Crippen molar-refractivity contribution >= 4 is 23.5 Å². The molecule has 0 aliphatic heterocycles. The summed E-state index contributed by atoms with van der Waals surface area (Å²) in [5, 5.41) is 5.28. The first kappa shape index (κ1) is 20.5. The second-order valence-electron chi connectivity index (χ2n) is 6.48. The largest absolute Gasteiger partial charge is 0.497 e. The fourth-order valence-corrected chi connectivity index (χ4v) is 3.18. The van der Waals surface area contributed by atoms with Gasteiger partial charge in [-0.15, -0.1) is 0 Å². The van der Waals surface area contributed by atoms with Gasteiger partial charge >= 0.3 is 5.97 Å². The van der Waals surface area contributed by atoms with Gasteiger partial charge in [0, 0.05) is 30.8 Å².